The molecule has 0 aliphatic carbocycles. The van der Waals surface area contributed by atoms with Crippen LogP contribution in [0.4, 0.5) is 0 Å². The summed E-state index contributed by atoms with van der Waals surface area (Å²) in [7, 11) is 0. The van der Waals surface area contributed by atoms with Crippen LogP contribution in [0.3, 0.4) is 0 Å². The van der Waals surface area contributed by atoms with Gasteiger partial charge in [0.05, 0.1) is 6.26 Å². The second-order valence-electron chi connectivity index (χ2n) is 6.12. The standard InChI is InChI=1S/C21H18O3/c1-4-15-12(2)16-10-17-18(14-8-6-5-7-9-14)11-23-19(17)13(3)20(16)24-21(15)22/h5-11H,4H2,1-3H3. The Morgan fingerprint density at radius 2 is 1.71 bits per heavy atom. The fourth-order valence-corrected chi connectivity index (χ4v) is 3.45. The van der Waals surface area contributed by atoms with Crippen molar-refractivity contribution in [3.8, 4) is 11.1 Å². The van der Waals surface area contributed by atoms with Crippen LogP contribution in [-0.2, 0) is 6.42 Å². The van der Waals surface area contributed by atoms with E-state index < -0.39 is 0 Å². The van der Waals surface area contributed by atoms with E-state index in [1.165, 1.54) is 0 Å². The predicted octanol–water partition coefficient (Wildman–Crippen LogP) is 5.39. The van der Waals surface area contributed by atoms with Gasteiger partial charge in [0, 0.05) is 27.5 Å². The molecular formula is C21H18O3. The first kappa shape index (κ1) is 14.8. The van der Waals surface area contributed by atoms with E-state index in [-0.39, 0.29) is 5.63 Å². The quantitative estimate of drug-likeness (QED) is 0.466. The Bertz CT molecular complexity index is 1110. The van der Waals surface area contributed by atoms with Crippen molar-refractivity contribution < 1.29 is 8.83 Å². The van der Waals surface area contributed by atoms with Gasteiger partial charge in [-0.25, -0.2) is 4.79 Å². The van der Waals surface area contributed by atoms with Crippen molar-refractivity contribution in [2.45, 2.75) is 27.2 Å². The molecule has 0 fully saturated rings. The van der Waals surface area contributed by atoms with Gasteiger partial charge < -0.3 is 8.83 Å². The summed E-state index contributed by atoms with van der Waals surface area (Å²) in [6, 6.07) is 12.3. The molecule has 0 saturated heterocycles. The van der Waals surface area contributed by atoms with E-state index in [9.17, 15) is 4.79 Å². The smallest absolute Gasteiger partial charge is 0.339 e. The van der Waals surface area contributed by atoms with Crippen LogP contribution < -0.4 is 5.63 Å². The van der Waals surface area contributed by atoms with Gasteiger partial charge in [-0.3, -0.25) is 0 Å². The molecule has 0 radical (unpaired) electrons. The van der Waals surface area contributed by atoms with Crippen molar-refractivity contribution in [3.63, 3.8) is 0 Å². The average Bonchev–Trinajstić information content (AvgIpc) is 3.02. The maximum Gasteiger partial charge on any atom is 0.339 e. The van der Waals surface area contributed by atoms with Crippen LogP contribution in [0.15, 0.2) is 56.3 Å². The van der Waals surface area contributed by atoms with Gasteiger partial charge in [0.1, 0.15) is 11.2 Å². The normalized spacial score (nSPS) is 11.5. The Labute approximate surface area is 139 Å². The summed E-state index contributed by atoms with van der Waals surface area (Å²) in [6.07, 6.45) is 2.44. The minimum absolute atomic E-state index is 0.250. The molecule has 0 amide bonds. The van der Waals surface area contributed by atoms with Gasteiger partial charge in [0.2, 0.25) is 0 Å². The van der Waals surface area contributed by atoms with Crippen molar-refractivity contribution in [2.24, 2.45) is 0 Å². The van der Waals surface area contributed by atoms with Gasteiger partial charge in [0.15, 0.2) is 0 Å². The SMILES string of the molecule is CCc1c(C)c2cc3c(-c4ccccc4)coc3c(C)c2oc1=O. The van der Waals surface area contributed by atoms with Crippen molar-refractivity contribution in [1.82, 2.24) is 0 Å². The van der Waals surface area contributed by atoms with E-state index in [4.69, 9.17) is 8.83 Å². The van der Waals surface area contributed by atoms with Crippen LogP contribution in [0.5, 0.6) is 0 Å². The molecule has 4 rings (SSSR count). The highest BCUT2D eigenvalue weighted by atomic mass is 16.4. The zero-order valence-electron chi connectivity index (χ0n) is 14.0. The maximum atomic E-state index is 12.2. The maximum absolute atomic E-state index is 12.2. The summed E-state index contributed by atoms with van der Waals surface area (Å²) in [5.41, 5.74) is 5.91. The van der Waals surface area contributed by atoms with Crippen molar-refractivity contribution in [2.75, 3.05) is 0 Å². The van der Waals surface area contributed by atoms with Crippen LogP contribution in [0, 0.1) is 13.8 Å². The first-order valence-electron chi connectivity index (χ1n) is 8.14. The first-order valence-corrected chi connectivity index (χ1v) is 8.14. The molecule has 0 spiro atoms. The zero-order chi connectivity index (χ0) is 16.8. The summed E-state index contributed by atoms with van der Waals surface area (Å²) >= 11 is 0. The second kappa shape index (κ2) is 5.38. The number of fused-ring (bicyclic) bond motifs is 2. The molecule has 3 heteroatoms. The fraction of sp³-hybridized carbons (Fsp3) is 0.190. The molecule has 0 atom stereocenters. The Hall–Kier alpha value is -2.81. The molecule has 4 aromatic rings. The number of benzene rings is 2. The molecule has 0 bridgehead atoms. The molecule has 0 aliphatic heterocycles. The summed E-state index contributed by atoms with van der Waals surface area (Å²) in [4.78, 5) is 12.2. The minimum atomic E-state index is -0.250. The van der Waals surface area contributed by atoms with E-state index in [1.807, 2.05) is 39.0 Å². The summed E-state index contributed by atoms with van der Waals surface area (Å²) < 4.78 is 11.4. The van der Waals surface area contributed by atoms with Gasteiger partial charge >= 0.3 is 5.63 Å². The minimum Gasteiger partial charge on any atom is -0.463 e. The summed E-state index contributed by atoms with van der Waals surface area (Å²) in [5, 5.41) is 2.03. The van der Waals surface area contributed by atoms with Gasteiger partial charge in [-0.1, -0.05) is 37.3 Å². The zero-order valence-corrected chi connectivity index (χ0v) is 14.0. The first-order chi connectivity index (χ1) is 11.6. The highest BCUT2D eigenvalue weighted by molar-refractivity contribution is 6.04. The molecule has 0 aliphatic rings. The molecule has 2 heterocycles. The van der Waals surface area contributed by atoms with Crippen LogP contribution in [-0.4, -0.2) is 0 Å². The van der Waals surface area contributed by atoms with E-state index >= 15 is 0 Å². The molecule has 0 saturated carbocycles. The molecule has 2 aromatic heterocycles. The van der Waals surface area contributed by atoms with Gasteiger partial charge in [-0.05, 0) is 37.5 Å². The summed E-state index contributed by atoms with van der Waals surface area (Å²) in [6.45, 7) is 5.91. The van der Waals surface area contributed by atoms with E-state index in [2.05, 4.69) is 18.2 Å². The molecule has 0 N–H and O–H groups in total. The Kier molecular flexibility index (Phi) is 3.31. The van der Waals surface area contributed by atoms with Crippen molar-refractivity contribution in [1.29, 1.82) is 0 Å². The van der Waals surface area contributed by atoms with Crippen LogP contribution in [0.25, 0.3) is 33.1 Å². The lowest BCUT2D eigenvalue weighted by molar-refractivity contribution is 0.546. The molecule has 24 heavy (non-hydrogen) atoms. The van der Waals surface area contributed by atoms with Crippen LogP contribution in [0.2, 0.25) is 0 Å². The van der Waals surface area contributed by atoms with E-state index in [0.29, 0.717) is 12.0 Å². The van der Waals surface area contributed by atoms with Gasteiger partial charge in [-0.2, -0.15) is 0 Å². The predicted molar refractivity (Wildman–Crippen MR) is 96.5 cm³/mol. The second-order valence-corrected chi connectivity index (χ2v) is 6.12. The third kappa shape index (κ3) is 2.01. The molecule has 3 nitrogen and oxygen atoms in total. The third-order valence-corrected chi connectivity index (χ3v) is 4.78. The topological polar surface area (TPSA) is 43.4 Å². The lowest BCUT2D eigenvalue weighted by atomic mass is 9.97. The lowest BCUT2D eigenvalue weighted by Crippen LogP contribution is -2.09. The molecule has 2 aromatic carbocycles. The van der Waals surface area contributed by atoms with Crippen LogP contribution >= 0.6 is 0 Å². The fourth-order valence-electron chi connectivity index (χ4n) is 3.45. The van der Waals surface area contributed by atoms with E-state index in [1.54, 1.807) is 6.26 Å². The Morgan fingerprint density at radius 3 is 2.42 bits per heavy atom. The molecule has 0 unspecified atom stereocenters. The lowest BCUT2D eigenvalue weighted by Gasteiger charge is -2.09. The molecule has 120 valence electrons. The highest BCUT2D eigenvalue weighted by Gasteiger charge is 2.18. The number of hydrogen-bond donors (Lipinski definition) is 0. The van der Waals surface area contributed by atoms with Crippen molar-refractivity contribution >= 4 is 21.9 Å². The van der Waals surface area contributed by atoms with Crippen LogP contribution in [0.1, 0.15) is 23.6 Å². The monoisotopic (exact) mass is 318 g/mol. The highest BCUT2D eigenvalue weighted by Crippen LogP contribution is 2.37. The number of aryl methyl sites for hydroxylation is 2. The van der Waals surface area contributed by atoms with Crippen molar-refractivity contribution in [3.05, 3.63) is 69.8 Å². The van der Waals surface area contributed by atoms with E-state index in [0.717, 1.165) is 44.2 Å². The number of furan rings is 1. The van der Waals surface area contributed by atoms with Gasteiger partial charge in [0.25, 0.3) is 0 Å². The number of hydrogen-bond acceptors (Lipinski definition) is 3. The number of rotatable bonds is 2. The summed E-state index contributed by atoms with van der Waals surface area (Å²) in [5.74, 6) is 0. The largest absolute Gasteiger partial charge is 0.463 e. The molecular weight excluding hydrogens is 300 g/mol. The Balaban J connectivity index is 2.14. The third-order valence-electron chi connectivity index (χ3n) is 4.78. The Morgan fingerprint density at radius 1 is 0.958 bits per heavy atom. The average molecular weight is 318 g/mol. The van der Waals surface area contributed by atoms with Gasteiger partial charge in [-0.15, -0.1) is 0 Å².